The van der Waals surface area contributed by atoms with E-state index in [0.29, 0.717) is 6.73 Å². The molecule has 0 saturated heterocycles. The van der Waals surface area contributed by atoms with E-state index in [1.54, 1.807) is 0 Å². The van der Waals surface area contributed by atoms with Crippen LogP contribution in [0.4, 0.5) is 0 Å². The van der Waals surface area contributed by atoms with Gasteiger partial charge in [-0.3, -0.25) is 4.90 Å². The Morgan fingerprint density at radius 3 is 2.88 bits per heavy atom. The summed E-state index contributed by atoms with van der Waals surface area (Å²) >= 11 is 0. The van der Waals surface area contributed by atoms with Gasteiger partial charge in [-0.25, -0.2) is 0 Å². The molecule has 2 atom stereocenters. The van der Waals surface area contributed by atoms with Gasteiger partial charge in [-0.2, -0.15) is 0 Å². The van der Waals surface area contributed by atoms with Crippen molar-refractivity contribution in [2.75, 3.05) is 13.8 Å². The lowest BCUT2D eigenvalue weighted by atomic mass is 10.1. The van der Waals surface area contributed by atoms with Gasteiger partial charge >= 0.3 is 0 Å². The highest BCUT2D eigenvalue weighted by Crippen LogP contribution is 2.05. The quantitative estimate of drug-likeness (QED) is 0.238. The summed E-state index contributed by atoms with van der Waals surface area (Å²) in [5, 5.41) is 11.6. The summed E-state index contributed by atoms with van der Waals surface area (Å²) in [5.74, 6) is 2.57. The Hall–Kier alpha value is -1.22. The van der Waals surface area contributed by atoms with Crippen LogP contribution in [0.25, 0.3) is 0 Å². The van der Waals surface area contributed by atoms with Crippen LogP contribution < -0.4 is 17.3 Å². The molecule has 0 amide bonds. The van der Waals surface area contributed by atoms with Crippen molar-refractivity contribution < 1.29 is 27.3 Å². The molecular weight excluding hydrogens is 242 g/mol. The van der Waals surface area contributed by atoms with Crippen molar-refractivity contribution in [1.82, 2.24) is 4.90 Å². The summed E-state index contributed by atoms with van der Waals surface area (Å²) in [5.41, 5.74) is -0.580. The number of ether oxygens (including phenoxy) is 1. The van der Waals surface area contributed by atoms with Crippen molar-refractivity contribution in [3.63, 3.8) is 0 Å². The van der Waals surface area contributed by atoms with Crippen LogP contribution in [0.15, 0.2) is 17.6 Å². The van der Waals surface area contributed by atoms with E-state index in [4.69, 9.17) is 16.4 Å². The zero-order valence-corrected chi connectivity index (χ0v) is 11.0. The van der Waals surface area contributed by atoms with Gasteiger partial charge in [0, 0.05) is 7.05 Å². The molecule has 2 unspecified atom stereocenters. The number of hydrogen-bond acceptors (Lipinski definition) is 4. The largest absolute Gasteiger partial charge is 1.00 e. The number of nitrogens with one attached hydrogen (secondary N) is 1. The summed E-state index contributed by atoms with van der Waals surface area (Å²) in [4.78, 5) is 2.95. The van der Waals surface area contributed by atoms with Gasteiger partial charge in [-0.1, -0.05) is 11.1 Å². The van der Waals surface area contributed by atoms with Gasteiger partial charge < -0.3 is 27.3 Å². The Balaban J connectivity index is 0.00000256. The predicted molar refractivity (Wildman–Crippen MR) is 60.8 cm³/mol. The number of hydrogen-bond donors (Lipinski definition) is 2. The number of rotatable bonds is 4. The van der Waals surface area contributed by atoms with E-state index in [1.807, 2.05) is 38.2 Å². The average Bonchev–Trinajstić information content (AvgIpc) is 2.59. The molecule has 1 rings (SSSR count). The fraction of sp³-hybridized carbons (Fsp3) is 0.545. The fourth-order valence-corrected chi connectivity index (χ4v) is 1.37. The van der Waals surface area contributed by atoms with Gasteiger partial charge in [0.05, 0.1) is 6.20 Å². The lowest BCUT2D eigenvalue weighted by Crippen LogP contribution is -3.12. The maximum Gasteiger partial charge on any atom is 0.209 e. The number of halogens is 1. The molecule has 0 saturated carbocycles. The summed E-state index contributed by atoms with van der Waals surface area (Å²) in [7, 11) is 1.90. The standard InChI is InChI=1S/C11H17N3O2.ClH/c1-5-11(2,3)16-9-14-7-6-13(4)10(14)8-12-15;/h1,6-8,10,15H,9H2,2-4H3;1H/b12-8-;. The lowest BCUT2D eigenvalue weighted by Gasteiger charge is -2.25. The first-order valence-electron chi connectivity index (χ1n) is 5.05. The summed E-state index contributed by atoms with van der Waals surface area (Å²) in [6.45, 7) is 4.10. The Bertz CT molecular complexity index is 336. The molecule has 0 bridgehead atoms. The average molecular weight is 260 g/mol. The van der Waals surface area contributed by atoms with E-state index in [1.165, 1.54) is 6.21 Å². The fourth-order valence-electron chi connectivity index (χ4n) is 1.37. The summed E-state index contributed by atoms with van der Waals surface area (Å²) in [6, 6.07) is 0. The molecule has 0 spiro atoms. The van der Waals surface area contributed by atoms with E-state index in [0.717, 1.165) is 4.90 Å². The van der Waals surface area contributed by atoms with Crippen LogP contribution in [0.5, 0.6) is 0 Å². The lowest BCUT2D eigenvalue weighted by molar-refractivity contribution is -0.887. The van der Waals surface area contributed by atoms with E-state index in [2.05, 4.69) is 11.1 Å². The SMILES string of the molecule is C#CC(C)(C)OC[NH+]1C=CN(C)C1/C=N\O.[Cl-]. The highest BCUT2D eigenvalue weighted by atomic mass is 35.5. The molecule has 2 N–H and O–H groups in total. The maximum absolute atomic E-state index is 8.56. The Morgan fingerprint density at radius 2 is 2.35 bits per heavy atom. The molecule has 17 heavy (non-hydrogen) atoms. The van der Waals surface area contributed by atoms with Gasteiger partial charge in [-0.05, 0) is 13.8 Å². The minimum Gasteiger partial charge on any atom is -1.00 e. The van der Waals surface area contributed by atoms with Crippen molar-refractivity contribution in [2.45, 2.75) is 25.6 Å². The second kappa shape index (κ2) is 6.50. The van der Waals surface area contributed by atoms with Crippen LogP contribution in [-0.2, 0) is 4.74 Å². The van der Waals surface area contributed by atoms with Crippen LogP contribution in [0.2, 0.25) is 0 Å². The van der Waals surface area contributed by atoms with Crippen LogP contribution in [0.3, 0.4) is 0 Å². The van der Waals surface area contributed by atoms with Crippen LogP contribution >= 0.6 is 0 Å². The molecule has 1 heterocycles. The van der Waals surface area contributed by atoms with E-state index in [9.17, 15) is 0 Å². The molecule has 0 aromatic carbocycles. The number of terminal acetylenes is 1. The van der Waals surface area contributed by atoms with Crippen molar-refractivity contribution >= 4 is 6.21 Å². The van der Waals surface area contributed by atoms with Crippen molar-refractivity contribution in [1.29, 1.82) is 0 Å². The van der Waals surface area contributed by atoms with Gasteiger partial charge in [0.2, 0.25) is 6.17 Å². The third-order valence-electron chi connectivity index (χ3n) is 2.50. The Labute approximate surface area is 108 Å². The molecule has 0 radical (unpaired) electrons. The van der Waals surface area contributed by atoms with Gasteiger partial charge in [0.1, 0.15) is 18.0 Å². The molecule has 5 nitrogen and oxygen atoms in total. The predicted octanol–water partition coefficient (Wildman–Crippen LogP) is -3.54. The van der Waals surface area contributed by atoms with Gasteiger partial charge in [0.15, 0.2) is 6.73 Å². The monoisotopic (exact) mass is 259 g/mol. The van der Waals surface area contributed by atoms with Crippen molar-refractivity contribution in [2.24, 2.45) is 5.16 Å². The van der Waals surface area contributed by atoms with Crippen molar-refractivity contribution in [3.05, 3.63) is 12.4 Å². The third kappa shape index (κ3) is 4.27. The second-order valence-corrected chi connectivity index (χ2v) is 4.21. The summed E-state index contributed by atoms with van der Waals surface area (Å²) < 4.78 is 5.59. The highest BCUT2D eigenvalue weighted by molar-refractivity contribution is 5.61. The van der Waals surface area contributed by atoms with Crippen LogP contribution in [0, 0.1) is 12.3 Å². The van der Waals surface area contributed by atoms with E-state index < -0.39 is 5.60 Å². The molecule has 0 aliphatic carbocycles. The van der Waals surface area contributed by atoms with Crippen molar-refractivity contribution in [3.8, 4) is 12.3 Å². The molecule has 96 valence electrons. The molecule has 6 heteroatoms. The zero-order chi connectivity index (χ0) is 12.2. The van der Waals surface area contributed by atoms with Gasteiger partial charge in [0.25, 0.3) is 0 Å². The Kier molecular flexibility index (Phi) is 6.03. The Morgan fingerprint density at radius 1 is 1.71 bits per heavy atom. The first-order chi connectivity index (χ1) is 7.50. The van der Waals surface area contributed by atoms with Gasteiger partial charge in [-0.15, -0.1) is 6.42 Å². The number of nitrogens with zero attached hydrogens (tertiary/aromatic N) is 2. The first-order valence-corrected chi connectivity index (χ1v) is 5.05. The maximum atomic E-state index is 8.56. The van der Waals surface area contributed by atoms with E-state index >= 15 is 0 Å². The second-order valence-electron chi connectivity index (χ2n) is 4.21. The molecule has 0 fully saturated rings. The zero-order valence-electron chi connectivity index (χ0n) is 10.2. The van der Waals surface area contributed by atoms with E-state index in [-0.39, 0.29) is 18.6 Å². The third-order valence-corrected chi connectivity index (χ3v) is 2.50. The normalized spacial score (nSPS) is 23.8. The number of quaternary nitrogens is 1. The smallest absolute Gasteiger partial charge is 0.209 e. The first kappa shape index (κ1) is 15.8. The topological polar surface area (TPSA) is 49.5 Å². The molecular formula is C11H18ClN3O2. The highest BCUT2D eigenvalue weighted by Gasteiger charge is 2.29. The number of oxime groups is 1. The molecule has 0 aromatic rings. The molecule has 0 aromatic heterocycles. The van der Waals surface area contributed by atoms with Crippen LogP contribution in [0.1, 0.15) is 13.8 Å². The molecule has 1 aliphatic heterocycles. The molecule has 1 aliphatic rings. The summed E-state index contributed by atoms with van der Waals surface area (Å²) in [6.07, 6.45) is 10.6. The minimum atomic E-state index is -0.580. The minimum absolute atomic E-state index is 0. The van der Waals surface area contributed by atoms with Crippen LogP contribution in [-0.4, -0.2) is 41.9 Å².